The predicted octanol–water partition coefficient (Wildman–Crippen LogP) is 4.12. The number of amides is 2. The largest absolute Gasteiger partial charge is 0.354 e. The number of nitrogens with zero attached hydrogens (tertiary/aromatic N) is 1. The fourth-order valence-corrected chi connectivity index (χ4v) is 3.69. The zero-order valence-electron chi connectivity index (χ0n) is 17.0. The Labute approximate surface area is 174 Å². The van der Waals surface area contributed by atoms with Crippen molar-refractivity contribution in [3.05, 3.63) is 77.4 Å². The quantitative estimate of drug-likeness (QED) is 0.686. The molecule has 2 N–H and O–H groups in total. The summed E-state index contributed by atoms with van der Waals surface area (Å²) in [6, 6.07) is 13.4. The summed E-state index contributed by atoms with van der Waals surface area (Å²) in [5.74, 6) is -0.582. The van der Waals surface area contributed by atoms with Gasteiger partial charge in [0.15, 0.2) is 0 Å². The van der Waals surface area contributed by atoms with Gasteiger partial charge >= 0.3 is 0 Å². The van der Waals surface area contributed by atoms with Gasteiger partial charge in [0.2, 0.25) is 0 Å². The van der Waals surface area contributed by atoms with E-state index in [0.717, 1.165) is 22.2 Å². The molecule has 30 heavy (non-hydrogen) atoms. The van der Waals surface area contributed by atoms with Gasteiger partial charge in [0, 0.05) is 35.8 Å². The summed E-state index contributed by atoms with van der Waals surface area (Å²) in [6.07, 6.45) is 2.21. The number of hydrogen-bond acceptors (Lipinski definition) is 2. The van der Waals surface area contributed by atoms with E-state index in [4.69, 9.17) is 0 Å². The molecule has 1 aliphatic heterocycles. The normalized spacial score (nSPS) is 13.7. The minimum absolute atomic E-state index is 0.227. The Balaban J connectivity index is 1.75. The fourth-order valence-electron chi connectivity index (χ4n) is 3.69. The maximum atomic E-state index is 13.3. The monoisotopic (exact) mass is 405 g/mol. The third-order valence-electron chi connectivity index (χ3n) is 5.24. The number of fused-ring (bicyclic) bond motifs is 3. The van der Waals surface area contributed by atoms with Gasteiger partial charge in [0.25, 0.3) is 11.8 Å². The molecule has 4 rings (SSSR count). The van der Waals surface area contributed by atoms with E-state index in [1.54, 1.807) is 11.1 Å². The predicted molar refractivity (Wildman–Crippen MR) is 115 cm³/mol. The Morgan fingerprint density at radius 3 is 2.60 bits per heavy atom. The number of carbonyl (C=O) groups excluding carboxylic acids is 2. The van der Waals surface area contributed by atoms with E-state index in [0.29, 0.717) is 36.6 Å². The Morgan fingerprint density at radius 2 is 1.87 bits per heavy atom. The molecule has 0 atom stereocenters. The van der Waals surface area contributed by atoms with Crippen LogP contribution in [0.3, 0.4) is 0 Å². The molecule has 0 bridgehead atoms. The van der Waals surface area contributed by atoms with Gasteiger partial charge in [-0.25, -0.2) is 4.39 Å². The smallest absolute Gasteiger partial charge is 0.257 e. The zero-order valence-corrected chi connectivity index (χ0v) is 17.0. The molecule has 2 aromatic carbocycles. The van der Waals surface area contributed by atoms with Gasteiger partial charge in [0.05, 0.1) is 11.3 Å². The molecule has 3 aromatic rings. The van der Waals surface area contributed by atoms with Gasteiger partial charge in [-0.05, 0) is 48.2 Å². The second kappa shape index (κ2) is 8.14. The summed E-state index contributed by atoms with van der Waals surface area (Å²) in [4.78, 5) is 31.0. The van der Waals surface area contributed by atoms with E-state index >= 15 is 0 Å². The average Bonchev–Trinajstić information content (AvgIpc) is 2.99. The highest BCUT2D eigenvalue weighted by Gasteiger charge is 2.26. The number of nitrogens with one attached hydrogen (secondary N) is 2. The third-order valence-corrected chi connectivity index (χ3v) is 5.24. The number of hydrogen-bond donors (Lipinski definition) is 2. The first-order valence-corrected chi connectivity index (χ1v) is 10.1. The first-order chi connectivity index (χ1) is 14.4. The van der Waals surface area contributed by atoms with Crippen LogP contribution >= 0.6 is 0 Å². The number of halogens is 1. The van der Waals surface area contributed by atoms with Crippen LogP contribution in [-0.4, -0.2) is 34.8 Å². The average molecular weight is 405 g/mol. The van der Waals surface area contributed by atoms with Gasteiger partial charge < -0.3 is 15.2 Å². The van der Waals surface area contributed by atoms with Crippen LogP contribution in [0.5, 0.6) is 0 Å². The van der Waals surface area contributed by atoms with Crippen LogP contribution in [-0.2, 0) is 11.2 Å². The van der Waals surface area contributed by atoms with Crippen molar-refractivity contribution in [1.82, 2.24) is 15.2 Å². The number of benzene rings is 2. The molecule has 2 heterocycles. The molecule has 0 fully saturated rings. The summed E-state index contributed by atoms with van der Waals surface area (Å²) in [5, 5.41) is 4.00. The van der Waals surface area contributed by atoms with E-state index < -0.39 is 5.82 Å². The minimum Gasteiger partial charge on any atom is -0.354 e. The standard InChI is InChI=1S/C24H24FN3O2/c1-15(2)13-26-23(29)20-14-28(24(30)16-7-9-17(25)10-8-16)12-11-19-18-5-3-4-6-21(18)27-22(19)20/h3-10,14-15,27H,11-13H2,1-2H3,(H,26,29). The van der Waals surface area contributed by atoms with E-state index in [9.17, 15) is 14.0 Å². The highest BCUT2D eigenvalue weighted by molar-refractivity contribution is 6.21. The van der Waals surface area contributed by atoms with Crippen molar-refractivity contribution in [1.29, 1.82) is 0 Å². The van der Waals surface area contributed by atoms with Crippen molar-refractivity contribution >= 4 is 28.3 Å². The number of H-pyrrole nitrogens is 1. The lowest BCUT2D eigenvalue weighted by atomic mass is 10.0. The second-order valence-corrected chi connectivity index (χ2v) is 7.93. The summed E-state index contributed by atoms with van der Waals surface area (Å²) >= 11 is 0. The Bertz CT molecular complexity index is 1130. The van der Waals surface area contributed by atoms with Crippen molar-refractivity contribution in [3.63, 3.8) is 0 Å². The van der Waals surface area contributed by atoms with Gasteiger partial charge in [-0.2, -0.15) is 0 Å². The van der Waals surface area contributed by atoms with Crippen LogP contribution in [0.2, 0.25) is 0 Å². The summed E-state index contributed by atoms with van der Waals surface area (Å²) < 4.78 is 13.3. The highest BCUT2D eigenvalue weighted by atomic mass is 19.1. The SMILES string of the molecule is CC(C)CNC(=O)C1=CN(C(=O)c2ccc(F)cc2)CCc2c1[nH]c1ccccc21. The first kappa shape index (κ1) is 19.9. The second-order valence-electron chi connectivity index (χ2n) is 7.93. The van der Waals surface area contributed by atoms with E-state index in [2.05, 4.69) is 10.3 Å². The Kier molecular flexibility index (Phi) is 5.40. The lowest BCUT2D eigenvalue weighted by Crippen LogP contribution is -2.31. The van der Waals surface area contributed by atoms with Gasteiger partial charge in [-0.15, -0.1) is 0 Å². The number of para-hydroxylation sites is 1. The van der Waals surface area contributed by atoms with Gasteiger partial charge in [0.1, 0.15) is 5.82 Å². The van der Waals surface area contributed by atoms with E-state index in [1.165, 1.54) is 24.3 Å². The molecule has 0 aliphatic carbocycles. The van der Waals surface area contributed by atoms with Crippen LogP contribution in [0.1, 0.15) is 35.5 Å². The zero-order chi connectivity index (χ0) is 21.3. The molecule has 5 nitrogen and oxygen atoms in total. The maximum Gasteiger partial charge on any atom is 0.257 e. The van der Waals surface area contributed by atoms with Crippen LogP contribution in [0.15, 0.2) is 54.7 Å². The summed E-state index contributed by atoms with van der Waals surface area (Å²) in [7, 11) is 0. The minimum atomic E-state index is -0.395. The van der Waals surface area contributed by atoms with Gasteiger partial charge in [-0.3, -0.25) is 9.59 Å². The highest BCUT2D eigenvalue weighted by Crippen LogP contribution is 2.31. The topological polar surface area (TPSA) is 65.2 Å². The van der Waals surface area contributed by atoms with Crippen LogP contribution in [0.4, 0.5) is 4.39 Å². The van der Waals surface area contributed by atoms with Crippen molar-refractivity contribution in [2.24, 2.45) is 5.92 Å². The molecule has 0 radical (unpaired) electrons. The van der Waals surface area contributed by atoms with Crippen molar-refractivity contribution in [2.75, 3.05) is 13.1 Å². The fraction of sp³-hybridized carbons (Fsp3) is 0.250. The number of aromatic amines is 1. The summed E-state index contributed by atoms with van der Waals surface area (Å²) in [6.45, 7) is 5.02. The number of carbonyl (C=O) groups is 2. The molecule has 154 valence electrons. The van der Waals surface area contributed by atoms with E-state index in [1.807, 2.05) is 38.1 Å². The third kappa shape index (κ3) is 3.85. The molecule has 0 unspecified atom stereocenters. The lowest BCUT2D eigenvalue weighted by molar-refractivity contribution is -0.115. The lowest BCUT2D eigenvalue weighted by Gasteiger charge is -2.18. The Hall–Kier alpha value is -3.41. The molecule has 6 heteroatoms. The van der Waals surface area contributed by atoms with Crippen molar-refractivity contribution in [3.8, 4) is 0 Å². The number of aromatic nitrogens is 1. The molecule has 0 spiro atoms. The molecule has 1 aromatic heterocycles. The molecule has 0 saturated heterocycles. The summed E-state index contributed by atoms with van der Waals surface area (Å²) in [5.41, 5.74) is 3.53. The first-order valence-electron chi connectivity index (χ1n) is 10.1. The molecule has 0 saturated carbocycles. The molecule has 2 amide bonds. The van der Waals surface area contributed by atoms with Crippen LogP contribution in [0.25, 0.3) is 16.5 Å². The van der Waals surface area contributed by atoms with Gasteiger partial charge in [-0.1, -0.05) is 32.0 Å². The van der Waals surface area contributed by atoms with Crippen LogP contribution < -0.4 is 5.32 Å². The molecule has 1 aliphatic rings. The maximum absolute atomic E-state index is 13.3. The Morgan fingerprint density at radius 1 is 1.13 bits per heavy atom. The van der Waals surface area contributed by atoms with E-state index in [-0.39, 0.29) is 11.8 Å². The van der Waals surface area contributed by atoms with Crippen LogP contribution in [0, 0.1) is 11.7 Å². The number of rotatable bonds is 4. The van der Waals surface area contributed by atoms with Crippen molar-refractivity contribution in [2.45, 2.75) is 20.3 Å². The van der Waals surface area contributed by atoms with Crippen molar-refractivity contribution < 1.29 is 14.0 Å². The molecular formula is C24H24FN3O2. The molecular weight excluding hydrogens is 381 g/mol.